The number of hydrogen-bond donors (Lipinski definition) is 0. The number of ether oxygens (including phenoxy) is 3. The predicted octanol–water partition coefficient (Wildman–Crippen LogP) is 2.56. The summed E-state index contributed by atoms with van der Waals surface area (Å²) in [5, 5.41) is 8.93. The highest BCUT2D eigenvalue weighted by Crippen LogP contribution is 2.26. The van der Waals surface area contributed by atoms with Crippen molar-refractivity contribution in [2.24, 2.45) is 5.92 Å². The van der Waals surface area contributed by atoms with Crippen LogP contribution in [-0.2, 0) is 9.53 Å². The quantitative estimate of drug-likeness (QED) is 0.683. The van der Waals surface area contributed by atoms with Gasteiger partial charge >= 0.3 is 5.97 Å². The minimum absolute atomic E-state index is 0.251. The summed E-state index contributed by atoms with van der Waals surface area (Å²) in [6.07, 6.45) is 0.287. The average Bonchev–Trinajstić information content (AvgIpc) is 2.45. The van der Waals surface area contributed by atoms with Gasteiger partial charge in [-0.15, -0.1) is 0 Å². The topological polar surface area (TPSA) is 68.6 Å². The van der Waals surface area contributed by atoms with E-state index >= 15 is 0 Å². The van der Waals surface area contributed by atoms with E-state index in [9.17, 15) is 4.79 Å². The molecule has 20 heavy (non-hydrogen) atoms. The third-order valence-electron chi connectivity index (χ3n) is 2.54. The van der Waals surface area contributed by atoms with E-state index in [0.717, 1.165) is 0 Å². The number of benzene rings is 1. The summed E-state index contributed by atoms with van der Waals surface area (Å²) in [5.41, 5.74) is 0. The highest BCUT2D eigenvalue weighted by atomic mass is 16.5. The van der Waals surface area contributed by atoms with Gasteiger partial charge in [0.2, 0.25) is 0 Å². The monoisotopic (exact) mass is 277 g/mol. The number of nitrogens with zero attached hydrogens (tertiary/aromatic N) is 1. The zero-order valence-electron chi connectivity index (χ0n) is 11.8. The molecule has 0 heterocycles. The number of para-hydroxylation sites is 2. The lowest BCUT2D eigenvalue weighted by atomic mass is 10.1. The minimum Gasteiger partial charge on any atom is -0.490 e. The van der Waals surface area contributed by atoms with Gasteiger partial charge in [0.15, 0.2) is 11.5 Å². The highest BCUT2D eigenvalue weighted by Gasteiger charge is 2.19. The molecule has 1 aromatic carbocycles. The normalized spacial score (nSPS) is 11.2. The molecule has 0 aliphatic heterocycles. The molecule has 0 radical (unpaired) electrons. The molecule has 0 amide bonds. The maximum atomic E-state index is 11.5. The first-order valence-electron chi connectivity index (χ1n) is 6.63. The van der Waals surface area contributed by atoms with E-state index in [-0.39, 0.29) is 19.6 Å². The number of hydrogen-bond acceptors (Lipinski definition) is 5. The Labute approximate surface area is 119 Å². The van der Waals surface area contributed by atoms with Crippen molar-refractivity contribution >= 4 is 5.97 Å². The molecule has 0 saturated heterocycles. The van der Waals surface area contributed by atoms with Gasteiger partial charge in [0, 0.05) is 6.42 Å². The third-order valence-corrected chi connectivity index (χ3v) is 2.54. The molecular formula is C15H19NO4. The van der Waals surface area contributed by atoms with Crippen LogP contribution in [0, 0.1) is 17.2 Å². The van der Waals surface area contributed by atoms with Crippen LogP contribution in [0.3, 0.4) is 0 Å². The zero-order chi connectivity index (χ0) is 14.8. The first-order chi connectivity index (χ1) is 9.72. The van der Waals surface area contributed by atoms with Gasteiger partial charge in [0.05, 0.1) is 25.9 Å². The summed E-state index contributed by atoms with van der Waals surface area (Å²) >= 11 is 0. The fourth-order valence-electron chi connectivity index (χ4n) is 1.61. The number of carbonyl (C=O) groups excluding carboxylic acids is 1. The fraction of sp³-hybridized carbons (Fsp3) is 0.467. The second-order valence-corrected chi connectivity index (χ2v) is 3.95. The maximum absolute atomic E-state index is 11.5. The zero-order valence-corrected chi connectivity index (χ0v) is 11.8. The van der Waals surface area contributed by atoms with Crippen molar-refractivity contribution in [3.05, 3.63) is 24.3 Å². The second kappa shape index (κ2) is 8.81. The van der Waals surface area contributed by atoms with E-state index in [0.29, 0.717) is 18.1 Å². The Kier molecular flexibility index (Phi) is 6.97. The van der Waals surface area contributed by atoms with Gasteiger partial charge in [-0.3, -0.25) is 4.79 Å². The molecule has 0 aliphatic rings. The van der Waals surface area contributed by atoms with Crippen molar-refractivity contribution in [2.75, 3.05) is 19.8 Å². The van der Waals surface area contributed by atoms with Gasteiger partial charge in [0.1, 0.15) is 5.92 Å². The van der Waals surface area contributed by atoms with E-state index in [1.165, 1.54) is 0 Å². The van der Waals surface area contributed by atoms with E-state index in [1.807, 2.05) is 31.2 Å². The Morgan fingerprint density at radius 3 is 2.40 bits per heavy atom. The molecule has 1 atom stereocenters. The van der Waals surface area contributed by atoms with Crippen molar-refractivity contribution in [2.45, 2.75) is 20.3 Å². The molecule has 5 heteroatoms. The largest absolute Gasteiger partial charge is 0.490 e. The maximum Gasteiger partial charge on any atom is 0.323 e. The lowest BCUT2D eigenvalue weighted by molar-refractivity contribution is -0.146. The summed E-state index contributed by atoms with van der Waals surface area (Å²) in [5.74, 6) is -0.0413. The third kappa shape index (κ3) is 4.81. The van der Waals surface area contributed by atoms with Crippen LogP contribution in [0.25, 0.3) is 0 Å². The van der Waals surface area contributed by atoms with Crippen LogP contribution in [0.4, 0.5) is 0 Å². The Balaban J connectivity index is 2.51. The lowest BCUT2D eigenvalue weighted by Gasteiger charge is -2.12. The smallest absolute Gasteiger partial charge is 0.323 e. The van der Waals surface area contributed by atoms with E-state index in [4.69, 9.17) is 19.5 Å². The Bertz CT molecular complexity index is 467. The molecular weight excluding hydrogens is 258 g/mol. The molecule has 0 bridgehead atoms. The summed E-state index contributed by atoms with van der Waals surface area (Å²) < 4.78 is 15.8. The summed E-state index contributed by atoms with van der Waals surface area (Å²) in [6.45, 7) is 4.67. The molecule has 0 aliphatic carbocycles. The minimum atomic E-state index is -0.797. The molecule has 1 rings (SSSR count). The first-order valence-corrected chi connectivity index (χ1v) is 6.63. The fourth-order valence-corrected chi connectivity index (χ4v) is 1.61. The van der Waals surface area contributed by atoms with Crippen LogP contribution in [0.15, 0.2) is 24.3 Å². The number of rotatable bonds is 8. The van der Waals surface area contributed by atoms with E-state index in [2.05, 4.69) is 0 Å². The number of carbonyl (C=O) groups is 1. The van der Waals surface area contributed by atoms with Crippen molar-refractivity contribution in [1.29, 1.82) is 5.26 Å². The average molecular weight is 277 g/mol. The van der Waals surface area contributed by atoms with Gasteiger partial charge in [-0.05, 0) is 26.0 Å². The van der Waals surface area contributed by atoms with Crippen LogP contribution in [0.2, 0.25) is 0 Å². The predicted molar refractivity (Wildman–Crippen MR) is 73.5 cm³/mol. The van der Waals surface area contributed by atoms with Crippen molar-refractivity contribution in [1.82, 2.24) is 0 Å². The second-order valence-electron chi connectivity index (χ2n) is 3.95. The first kappa shape index (κ1) is 15.8. The van der Waals surface area contributed by atoms with E-state index in [1.54, 1.807) is 13.0 Å². The van der Waals surface area contributed by atoms with E-state index < -0.39 is 11.9 Å². The highest BCUT2D eigenvalue weighted by molar-refractivity contribution is 5.75. The van der Waals surface area contributed by atoms with Crippen molar-refractivity contribution in [3.8, 4) is 17.6 Å². The van der Waals surface area contributed by atoms with Gasteiger partial charge in [0.25, 0.3) is 0 Å². The molecule has 0 aromatic heterocycles. The lowest BCUT2D eigenvalue weighted by Crippen LogP contribution is -2.18. The van der Waals surface area contributed by atoms with Gasteiger partial charge in [-0.1, -0.05) is 12.1 Å². The molecule has 108 valence electrons. The Morgan fingerprint density at radius 1 is 1.20 bits per heavy atom. The van der Waals surface area contributed by atoms with Gasteiger partial charge in [-0.25, -0.2) is 0 Å². The van der Waals surface area contributed by atoms with Crippen molar-refractivity contribution < 1.29 is 19.0 Å². The Morgan fingerprint density at radius 2 is 1.85 bits per heavy atom. The summed E-state index contributed by atoms with van der Waals surface area (Å²) in [4.78, 5) is 11.5. The van der Waals surface area contributed by atoms with Crippen LogP contribution >= 0.6 is 0 Å². The van der Waals surface area contributed by atoms with Crippen LogP contribution in [0.1, 0.15) is 20.3 Å². The van der Waals surface area contributed by atoms with Gasteiger partial charge in [-0.2, -0.15) is 5.26 Å². The molecule has 1 unspecified atom stereocenters. The van der Waals surface area contributed by atoms with Crippen LogP contribution in [0.5, 0.6) is 11.5 Å². The number of nitriles is 1. The SMILES string of the molecule is CCOC(=O)C(C#N)CCOc1ccccc1OCC. The molecule has 0 saturated carbocycles. The Hall–Kier alpha value is -2.22. The molecule has 0 spiro atoms. The van der Waals surface area contributed by atoms with Gasteiger partial charge < -0.3 is 14.2 Å². The summed E-state index contributed by atoms with van der Waals surface area (Å²) in [6, 6.07) is 9.22. The molecule has 0 N–H and O–H groups in total. The number of esters is 1. The standard InChI is InChI=1S/C15H19NO4/c1-3-18-13-7-5-6-8-14(13)20-10-9-12(11-16)15(17)19-4-2/h5-8,12H,3-4,9-10H2,1-2H3. The van der Waals surface area contributed by atoms with Crippen molar-refractivity contribution in [3.63, 3.8) is 0 Å². The molecule has 1 aromatic rings. The van der Waals surface area contributed by atoms with Crippen LogP contribution < -0.4 is 9.47 Å². The molecule has 5 nitrogen and oxygen atoms in total. The molecule has 0 fully saturated rings. The van der Waals surface area contributed by atoms with Crippen LogP contribution in [-0.4, -0.2) is 25.8 Å². The summed E-state index contributed by atoms with van der Waals surface area (Å²) in [7, 11) is 0.